The Kier molecular flexibility index (Phi) is 4.90. The van der Waals surface area contributed by atoms with Gasteiger partial charge in [0.25, 0.3) is 12.3 Å². The molecule has 1 unspecified atom stereocenters. The first-order valence-electron chi connectivity index (χ1n) is 11.0. The highest BCUT2D eigenvalue weighted by atomic mass is 19.3. The van der Waals surface area contributed by atoms with E-state index in [0.717, 1.165) is 16.8 Å². The minimum absolute atomic E-state index is 0.137. The number of fused-ring (bicyclic) bond motifs is 2. The van der Waals surface area contributed by atoms with Gasteiger partial charge in [-0.15, -0.1) is 0 Å². The Morgan fingerprint density at radius 3 is 2.89 bits per heavy atom. The highest BCUT2D eigenvalue weighted by Gasteiger charge is 2.40. The second kappa shape index (κ2) is 8.12. The zero-order valence-corrected chi connectivity index (χ0v) is 18.5. The number of aromatic amines is 1. The molecule has 5 aromatic rings. The number of alkyl halides is 2. The Balaban J connectivity index is 1.46. The number of aryl methyl sites for hydroxylation is 1. The van der Waals surface area contributed by atoms with Crippen molar-refractivity contribution in [3.8, 4) is 11.6 Å². The smallest absolute Gasteiger partial charge is 0.292 e. The SMILES string of the molecule is Cc1cccn2nc(C3c4nc[nH]c4CCN3C(=O)c3oc(-c4ccccn4)nc3C(F)F)cc12. The van der Waals surface area contributed by atoms with Crippen LogP contribution < -0.4 is 0 Å². The summed E-state index contributed by atoms with van der Waals surface area (Å²) in [7, 11) is 0. The zero-order valence-electron chi connectivity index (χ0n) is 18.5. The molecule has 0 aromatic carbocycles. The molecule has 0 spiro atoms. The van der Waals surface area contributed by atoms with E-state index in [9.17, 15) is 13.6 Å². The van der Waals surface area contributed by atoms with E-state index in [2.05, 4.69) is 25.0 Å². The van der Waals surface area contributed by atoms with Gasteiger partial charge in [-0.3, -0.25) is 9.78 Å². The monoisotopic (exact) mass is 475 g/mol. The summed E-state index contributed by atoms with van der Waals surface area (Å²) in [5.74, 6) is -1.35. The Morgan fingerprint density at radius 1 is 1.23 bits per heavy atom. The topological polar surface area (TPSA) is 105 Å². The number of H-pyrrole nitrogens is 1. The van der Waals surface area contributed by atoms with Crippen LogP contribution in [0.2, 0.25) is 0 Å². The predicted octanol–water partition coefficient (Wildman–Crippen LogP) is 4.14. The number of hydrogen-bond donors (Lipinski definition) is 1. The van der Waals surface area contributed by atoms with Crippen LogP contribution in [0.4, 0.5) is 8.78 Å². The second-order valence-corrected chi connectivity index (χ2v) is 8.26. The highest BCUT2D eigenvalue weighted by molar-refractivity contribution is 5.93. The molecule has 176 valence electrons. The fourth-order valence-corrected chi connectivity index (χ4v) is 4.47. The number of pyridine rings is 2. The van der Waals surface area contributed by atoms with Gasteiger partial charge in [0.2, 0.25) is 11.7 Å². The first-order chi connectivity index (χ1) is 17.0. The molecule has 1 atom stereocenters. The molecule has 11 heteroatoms. The molecule has 0 aliphatic carbocycles. The fourth-order valence-electron chi connectivity index (χ4n) is 4.47. The minimum atomic E-state index is -3.00. The average molecular weight is 475 g/mol. The van der Waals surface area contributed by atoms with Crippen LogP contribution in [0.1, 0.15) is 51.4 Å². The van der Waals surface area contributed by atoms with Crippen LogP contribution in [-0.4, -0.2) is 46.9 Å². The molecule has 1 aliphatic rings. The minimum Gasteiger partial charge on any atom is -0.429 e. The molecule has 5 aromatic heterocycles. The molecule has 0 saturated heterocycles. The van der Waals surface area contributed by atoms with Gasteiger partial charge in [0, 0.05) is 31.1 Å². The van der Waals surface area contributed by atoms with Crippen molar-refractivity contribution in [2.45, 2.75) is 25.8 Å². The zero-order chi connectivity index (χ0) is 24.1. The first-order valence-corrected chi connectivity index (χ1v) is 11.0. The number of hydrogen-bond acceptors (Lipinski definition) is 6. The molecule has 35 heavy (non-hydrogen) atoms. The summed E-state index contributed by atoms with van der Waals surface area (Å²) in [5.41, 5.74) is 3.49. The number of amides is 1. The van der Waals surface area contributed by atoms with Crippen LogP contribution in [0.5, 0.6) is 0 Å². The van der Waals surface area contributed by atoms with Gasteiger partial charge in [-0.25, -0.2) is 23.3 Å². The lowest BCUT2D eigenvalue weighted by Crippen LogP contribution is -2.41. The summed E-state index contributed by atoms with van der Waals surface area (Å²) < 4.78 is 35.2. The van der Waals surface area contributed by atoms with E-state index in [4.69, 9.17) is 4.42 Å². The van der Waals surface area contributed by atoms with Gasteiger partial charge in [0.1, 0.15) is 11.7 Å². The molecule has 0 saturated carbocycles. The van der Waals surface area contributed by atoms with Crippen molar-refractivity contribution in [1.82, 2.24) is 34.4 Å². The molecule has 9 nitrogen and oxygen atoms in total. The number of nitrogens with zero attached hydrogens (tertiary/aromatic N) is 6. The van der Waals surface area contributed by atoms with Gasteiger partial charge in [0.05, 0.1) is 23.2 Å². The molecule has 6 heterocycles. The molecular formula is C24H19F2N7O2. The number of halogens is 2. The van der Waals surface area contributed by atoms with E-state index in [0.29, 0.717) is 17.8 Å². The van der Waals surface area contributed by atoms with Crippen molar-refractivity contribution in [3.63, 3.8) is 0 Å². The lowest BCUT2D eigenvalue weighted by molar-refractivity contribution is 0.0640. The Morgan fingerprint density at radius 2 is 2.11 bits per heavy atom. The van der Waals surface area contributed by atoms with Crippen LogP contribution >= 0.6 is 0 Å². The maximum Gasteiger partial charge on any atom is 0.292 e. The maximum absolute atomic E-state index is 13.9. The third-order valence-corrected chi connectivity index (χ3v) is 6.14. The number of nitrogens with one attached hydrogen (secondary N) is 1. The molecule has 0 bridgehead atoms. The van der Waals surface area contributed by atoms with E-state index in [1.165, 1.54) is 11.1 Å². The van der Waals surface area contributed by atoms with E-state index in [1.54, 1.807) is 29.0 Å². The summed E-state index contributed by atoms with van der Waals surface area (Å²) in [5, 5.41) is 4.68. The highest BCUT2D eigenvalue weighted by Crippen LogP contribution is 2.36. The van der Waals surface area contributed by atoms with E-state index >= 15 is 0 Å². The van der Waals surface area contributed by atoms with Crippen LogP contribution in [0.25, 0.3) is 17.1 Å². The number of carbonyl (C=O) groups is 1. The quantitative estimate of drug-likeness (QED) is 0.419. The van der Waals surface area contributed by atoms with E-state index in [-0.39, 0.29) is 18.1 Å². The number of aromatic nitrogens is 6. The van der Waals surface area contributed by atoms with Crippen LogP contribution in [0, 0.1) is 6.92 Å². The number of rotatable bonds is 4. The number of imidazole rings is 1. The summed E-state index contributed by atoms with van der Waals surface area (Å²) in [6, 6.07) is 9.99. The Bertz CT molecular complexity index is 1540. The van der Waals surface area contributed by atoms with Crippen LogP contribution in [0.15, 0.2) is 59.5 Å². The van der Waals surface area contributed by atoms with Gasteiger partial charge in [0.15, 0.2) is 5.69 Å². The summed E-state index contributed by atoms with van der Waals surface area (Å²) in [4.78, 5) is 30.8. The molecule has 6 rings (SSSR count). The van der Waals surface area contributed by atoms with Crippen molar-refractivity contribution in [2.75, 3.05) is 6.54 Å². The van der Waals surface area contributed by atoms with Crippen LogP contribution in [-0.2, 0) is 6.42 Å². The summed E-state index contributed by atoms with van der Waals surface area (Å²) in [6.07, 6.45) is 2.35. The van der Waals surface area contributed by atoms with Gasteiger partial charge in [-0.1, -0.05) is 12.1 Å². The molecule has 1 aliphatic heterocycles. The van der Waals surface area contributed by atoms with Crippen molar-refractivity contribution < 1.29 is 18.0 Å². The Labute approximate surface area is 197 Å². The summed E-state index contributed by atoms with van der Waals surface area (Å²) >= 11 is 0. The van der Waals surface area contributed by atoms with E-state index < -0.39 is 29.8 Å². The molecule has 1 amide bonds. The maximum atomic E-state index is 13.9. The Hall–Kier alpha value is -4.41. The van der Waals surface area contributed by atoms with Crippen molar-refractivity contribution >= 4 is 11.4 Å². The van der Waals surface area contributed by atoms with Crippen molar-refractivity contribution in [1.29, 1.82) is 0 Å². The average Bonchev–Trinajstić information content (AvgIpc) is 3.61. The normalized spacial score (nSPS) is 15.7. The van der Waals surface area contributed by atoms with Gasteiger partial charge in [-0.05, 0) is 36.8 Å². The number of oxazole rings is 1. The second-order valence-electron chi connectivity index (χ2n) is 8.26. The van der Waals surface area contributed by atoms with Crippen molar-refractivity contribution in [3.05, 3.63) is 89.2 Å². The van der Waals surface area contributed by atoms with Gasteiger partial charge < -0.3 is 14.3 Å². The first kappa shape index (κ1) is 21.1. The standard InChI is InChI=1S/C24H19F2N7O2/c1-13-5-4-9-33-17(13)11-16(31-33)20-18-14(28-12-29-18)7-10-32(20)24(34)21-19(22(25)26)30-23(35-21)15-6-2-3-8-27-15/h2-6,8-9,11-12,20,22H,7,10H2,1H3,(H,28,29). The van der Waals surface area contributed by atoms with Crippen molar-refractivity contribution in [2.24, 2.45) is 0 Å². The number of carbonyl (C=O) groups excluding carboxylic acids is 1. The molecule has 0 radical (unpaired) electrons. The largest absolute Gasteiger partial charge is 0.429 e. The molecular weight excluding hydrogens is 456 g/mol. The van der Waals surface area contributed by atoms with E-state index in [1.807, 2.05) is 31.3 Å². The third kappa shape index (κ3) is 3.47. The molecule has 1 N–H and O–H groups in total. The van der Waals surface area contributed by atoms with Crippen LogP contribution in [0.3, 0.4) is 0 Å². The van der Waals surface area contributed by atoms with Gasteiger partial charge >= 0.3 is 0 Å². The van der Waals surface area contributed by atoms with Gasteiger partial charge in [-0.2, -0.15) is 5.10 Å². The predicted molar refractivity (Wildman–Crippen MR) is 120 cm³/mol. The lowest BCUT2D eigenvalue weighted by atomic mass is 9.99. The summed E-state index contributed by atoms with van der Waals surface area (Å²) in [6.45, 7) is 2.22. The molecule has 0 fully saturated rings. The third-order valence-electron chi connectivity index (χ3n) is 6.14. The fraction of sp³-hybridized carbons (Fsp3) is 0.208. The lowest BCUT2D eigenvalue weighted by Gasteiger charge is -2.33.